The highest BCUT2D eigenvalue weighted by molar-refractivity contribution is 5.84. The quantitative estimate of drug-likeness (QED) is 0.693. The summed E-state index contributed by atoms with van der Waals surface area (Å²) < 4.78 is 0. The van der Waals surface area contributed by atoms with Crippen LogP contribution in [0, 0.1) is 11.8 Å². The second-order valence-corrected chi connectivity index (χ2v) is 3.75. The number of ketones is 1. The minimum atomic E-state index is 0.108. The molecule has 0 aromatic heterocycles. The van der Waals surface area contributed by atoms with Crippen LogP contribution in [-0.4, -0.2) is 18.4 Å². The van der Waals surface area contributed by atoms with Crippen molar-refractivity contribution in [1.29, 1.82) is 0 Å². The molecule has 0 aromatic rings. The third-order valence-electron chi connectivity index (χ3n) is 2.62. The van der Waals surface area contributed by atoms with Crippen molar-refractivity contribution in [3.05, 3.63) is 0 Å². The second-order valence-electron chi connectivity index (χ2n) is 3.75. The van der Waals surface area contributed by atoms with Crippen LogP contribution in [0.25, 0.3) is 0 Å². The van der Waals surface area contributed by atoms with Crippen LogP contribution in [0.1, 0.15) is 45.4 Å². The van der Waals surface area contributed by atoms with E-state index in [9.17, 15) is 4.79 Å². The van der Waals surface area contributed by atoms with Crippen LogP contribution >= 0.6 is 0 Å². The first-order valence-electron chi connectivity index (χ1n) is 5.50. The molecule has 0 aliphatic carbocycles. The number of hydrogen-bond donors (Lipinski definition) is 1. The van der Waals surface area contributed by atoms with E-state index < -0.39 is 0 Å². The van der Waals surface area contributed by atoms with E-state index in [4.69, 9.17) is 0 Å². The van der Waals surface area contributed by atoms with Crippen molar-refractivity contribution in [2.45, 2.75) is 51.5 Å². The molecule has 1 fully saturated rings. The van der Waals surface area contributed by atoms with Crippen molar-refractivity contribution in [3.8, 4) is 11.8 Å². The highest BCUT2D eigenvalue weighted by Gasteiger charge is 2.18. The van der Waals surface area contributed by atoms with E-state index in [-0.39, 0.29) is 6.04 Å². The minimum absolute atomic E-state index is 0.108. The Balaban J connectivity index is 2.29. The van der Waals surface area contributed by atoms with Gasteiger partial charge in [0.25, 0.3) is 0 Å². The molecule has 0 aromatic carbocycles. The first-order chi connectivity index (χ1) is 6.84. The van der Waals surface area contributed by atoms with Gasteiger partial charge in [0.15, 0.2) is 5.78 Å². The Morgan fingerprint density at radius 3 is 3.07 bits per heavy atom. The van der Waals surface area contributed by atoms with Gasteiger partial charge in [-0.25, -0.2) is 0 Å². The zero-order valence-corrected chi connectivity index (χ0v) is 8.94. The predicted molar refractivity (Wildman–Crippen MR) is 57.9 cm³/mol. The molecule has 1 unspecified atom stereocenters. The average Bonchev–Trinajstić information content (AvgIpc) is 2.46. The Labute approximate surface area is 86.5 Å². The highest BCUT2D eigenvalue weighted by atomic mass is 16.1. The van der Waals surface area contributed by atoms with Gasteiger partial charge in [-0.15, -0.1) is 11.8 Å². The van der Waals surface area contributed by atoms with Gasteiger partial charge in [0.1, 0.15) is 0 Å². The number of carbonyl (C=O) groups excluding carboxylic acids is 1. The number of Topliss-reactive ketones (excluding diaryl/α,β-unsaturated/α-hetero) is 1. The predicted octanol–water partition coefficient (Wildman–Crippen LogP) is 1.89. The van der Waals surface area contributed by atoms with Crippen molar-refractivity contribution in [3.63, 3.8) is 0 Å². The summed E-state index contributed by atoms with van der Waals surface area (Å²) >= 11 is 0. The van der Waals surface area contributed by atoms with Crippen LogP contribution in [-0.2, 0) is 4.79 Å². The van der Waals surface area contributed by atoms with Crippen LogP contribution in [0.4, 0.5) is 0 Å². The molecule has 1 aliphatic heterocycles. The molecule has 1 aliphatic rings. The Morgan fingerprint density at radius 1 is 1.43 bits per heavy atom. The van der Waals surface area contributed by atoms with E-state index in [2.05, 4.69) is 17.2 Å². The first kappa shape index (κ1) is 11.3. The third-order valence-corrected chi connectivity index (χ3v) is 2.62. The summed E-state index contributed by atoms with van der Waals surface area (Å²) in [6, 6.07) is 0.108. The number of nitrogens with one attached hydrogen (secondary N) is 1. The first-order valence-corrected chi connectivity index (χ1v) is 5.50. The molecular formula is C12H19NO. The summed E-state index contributed by atoms with van der Waals surface area (Å²) in [5.74, 6) is 6.09. The number of carbonyl (C=O) groups is 1. The van der Waals surface area contributed by atoms with Gasteiger partial charge in [-0.05, 0) is 26.3 Å². The Bertz CT molecular complexity index is 228. The van der Waals surface area contributed by atoms with Crippen LogP contribution in [0.5, 0.6) is 0 Å². The van der Waals surface area contributed by atoms with Gasteiger partial charge in [0.2, 0.25) is 0 Å². The van der Waals surface area contributed by atoms with Gasteiger partial charge in [-0.3, -0.25) is 4.79 Å². The summed E-state index contributed by atoms with van der Waals surface area (Å²) in [4.78, 5) is 11.7. The highest BCUT2D eigenvalue weighted by Crippen LogP contribution is 2.10. The lowest BCUT2D eigenvalue weighted by atomic mass is 10.0. The van der Waals surface area contributed by atoms with Crippen molar-refractivity contribution >= 4 is 5.78 Å². The Kier molecular flexibility index (Phi) is 5.32. The van der Waals surface area contributed by atoms with Crippen LogP contribution in [0.3, 0.4) is 0 Å². The summed E-state index contributed by atoms with van der Waals surface area (Å²) in [7, 11) is 0. The molecule has 0 radical (unpaired) electrons. The zero-order valence-electron chi connectivity index (χ0n) is 8.94. The molecular weight excluding hydrogens is 174 g/mol. The van der Waals surface area contributed by atoms with E-state index in [1.807, 2.05) is 6.92 Å². The lowest BCUT2D eigenvalue weighted by molar-refractivity contribution is -0.121. The molecule has 0 spiro atoms. The topological polar surface area (TPSA) is 29.1 Å². The fourth-order valence-corrected chi connectivity index (χ4v) is 1.79. The van der Waals surface area contributed by atoms with Gasteiger partial charge in [-0.2, -0.15) is 0 Å². The van der Waals surface area contributed by atoms with Crippen LogP contribution in [0.15, 0.2) is 0 Å². The molecule has 0 bridgehead atoms. The van der Waals surface area contributed by atoms with Crippen LogP contribution in [0.2, 0.25) is 0 Å². The molecule has 78 valence electrons. The molecule has 0 saturated carbocycles. The van der Waals surface area contributed by atoms with E-state index >= 15 is 0 Å². The van der Waals surface area contributed by atoms with Gasteiger partial charge < -0.3 is 5.32 Å². The summed E-state index contributed by atoms with van der Waals surface area (Å²) in [5.41, 5.74) is 0. The summed E-state index contributed by atoms with van der Waals surface area (Å²) in [6.07, 6.45) is 5.98. The average molecular weight is 193 g/mol. The van der Waals surface area contributed by atoms with Crippen molar-refractivity contribution < 1.29 is 4.79 Å². The van der Waals surface area contributed by atoms with E-state index in [0.29, 0.717) is 18.6 Å². The lowest BCUT2D eigenvalue weighted by Crippen LogP contribution is -2.35. The largest absolute Gasteiger partial charge is 0.307 e. The van der Waals surface area contributed by atoms with Gasteiger partial charge >= 0.3 is 0 Å². The fraction of sp³-hybridized carbons (Fsp3) is 0.750. The molecule has 1 rings (SSSR count). The van der Waals surface area contributed by atoms with E-state index in [0.717, 1.165) is 13.0 Å². The Hall–Kier alpha value is -0.810. The molecule has 1 saturated heterocycles. The maximum atomic E-state index is 11.7. The number of hydrogen-bond acceptors (Lipinski definition) is 2. The normalized spacial score (nSPS) is 21.9. The monoisotopic (exact) mass is 193 g/mol. The van der Waals surface area contributed by atoms with Crippen molar-refractivity contribution in [2.24, 2.45) is 0 Å². The lowest BCUT2D eigenvalue weighted by Gasteiger charge is -2.13. The fourth-order valence-electron chi connectivity index (χ4n) is 1.79. The summed E-state index contributed by atoms with van der Waals surface area (Å²) in [6.45, 7) is 2.81. The number of rotatable bonds is 3. The molecule has 0 amide bonds. The van der Waals surface area contributed by atoms with E-state index in [1.165, 1.54) is 19.3 Å². The molecule has 1 atom stereocenters. The second kappa shape index (κ2) is 6.62. The molecule has 2 heteroatoms. The molecule has 14 heavy (non-hydrogen) atoms. The van der Waals surface area contributed by atoms with Crippen molar-refractivity contribution in [1.82, 2.24) is 5.32 Å². The molecule has 2 nitrogen and oxygen atoms in total. The molecule has 1 N–H and O–H groups in total. The van der Waals surface area contributed by atoms with Gasteiger partial charge in [-0.1, -0.05) is 12.8 Å². The minimum Gasteiger partial charge on any atom is -0.307 e. The smallest absolute Gasteiger partial charge is 0.150 e. The summed E-state index contributed by atoms with van der Waals surface area (Å²) in [5, 5.41) is 3.31. The SMILES string of the molecule is CC#CCCC(=O)C1CCCCCN1. The van der Waals surface area contributed by atoms with Gasteiger partial charge in [0.05, 0.1) is 6.04 Å². The maximum absolute atomic E-state index is 11.7. The zero-order chi connectivity index (χ0) is 10.2. The maximum Gasteiger partial charge on any atom is 0.150 e. The standard InChI is InChI=1S/C12H19NO/c1-2-3-5-9-12(14)11-8-6-4-7-10-13-11/h11,13H,4-10H2,1H3. The van der Waals surface area contributed by atoms with Crippen molar-refractivity contribution in [2.75, 3.05) is 6.54 Å². The molecule has 1 heterocycles. The third kappa shape index (κ3) is 3.93. The van der Waals surface area contributed by atoms with Crippen LogP contribution < -0.4 is 5.32 Å². The Morgan fingerprint density at radius 2 is 2.29 bits per heavy atom. The van der Waals surface area contributed by atoms with E-state index in [1.54, 1.807) is 0 Å². The van der Waals surface area contributed by atoms with Gasteiger partial charge in [0, 0.05) is 12.8 Å².